The summed E-state index contributed by atoms with van der Waals surface area (Å²) in [6.45, 7) is 1.27. The molecule has 0 saturated heterocycles. The molecule has 0 bridgehead atoms. The number of rotatable bonds is 2. The summed E-state index contributed by atoms with van der Waals surface area (Å²) in [6.07, 6.45) is -1.83. The van der Waals surface area contributed by atoms with Gasteiger partial charge in [-0.05, 0) is 22.9 Å². The molecule has 7 heteroatoms. The second-order valence-electron chi connectivity index (χ2n) is 2.53. The van der Waals surface area contributed by atoms with E-state index in [0.717, 1.165) is 6.20 Å². The van der Waals surface area contributed by atoms with Gasteiger partial charge in [0.15, 0.2) is 0 Å². The molecule has 0 aliphatic heterocycles. The number of aromatic nitrogens is 1. The number of pyridine rings is 1. The Kier molecular flexibility index (Phi) is 3.10. The van der Waals surface area contributed by atoms with Crippen LogP contribution in [0.25, 0.3) is 0 Å². The third-order valence-electron chi connectivity index (χ3n) is 1.73. The number of nitrogens with zero attached hydrogens (tertiary/aromatic N) is 2. The molecule has 1 aromatic heterocycles. The van der Waals surface area contributed by atoms with Gasteiger partial charge in [-0.25, -0.2) is 13.8 Å². The van der Waals surface area contributed by atoms with Crippen molar-refractivity contribution in [3.05, 3.63) is 32.0 Å². The van der Waals surface area contributed by atoms with Gasteiger partial charge >= 0.3 is 0 Å². The maximum absolute atomic E-state index is 12.4. The first kappa shape index (κ1) is 11.0. The molecule has 0 aliphatic carbocycles. The van der Waals surface area contributed by atoms with Crippen LogP contribution in [0.4, 0.5) is 14.5 Å². The Morgan fingerprint density at radius 3 is 2.64 bits per heavy atom. The number of hydrogen-bond donors (Lipinski definition) is 0. The largest absolute Gasteiger partial charge is 0.290 e. The van der Waals surface area contributed by atoms with E-state index in [-0.39, 0.29) is 10.2 Å². The zero-order valence-electron chi connectivity index (χ0n) is 7.00. The monoisotopic (exact) mass is 266 g/mol. The zero-order valence-corrected chi connectivity index (χ0v) is 8.59. The zero-order chi connectivity index (χ0) is 10.9. The van der Waals surface area contributed by atoms with Crippen LogP contribution in [0.3, 0.4) is 0 Å². The highest BCUT2D eigenvalue weighted by atomic mass is 79.9. The van der Waals surface area contributed by atoms with E-state index in [0.29, 0.717) is 0 Å². The van der Waals surface area contributed by atoms with Gasteiger partial charge in [0.25, 0.3) is 12.1 Å². The molecule has 0 atom stereocenters. The lowest BCUT2D eigenvalue weighted by molar-refractivity contribution is -0.385. The van der Waals surface area contributed by atoms with E-state index in [2.05, 4.69) is 20.9 Å². The summed E-state index contributed by atoms with van der Waals surface area (Å²) in [5.41, 5.74) is -0.894. The molecule has 0 radical (unpaired) electrons. The van der Waals surface area contributed by atoms with E-state index in [1.54, 1.807) is 0 Å². The molecule has 1 heterocycles. The van der Waals surface area contributed by atoms with Crippen LogP contribution in [0.15, 0.2) is 10.8 Å². The van der Waals surface area contributed by atoms with Gasteiger partial charge in [0, 0.05) is 5.56 Å². The SMILES string of the molecule is Cc1c([N+](=O)[O-])cnc(Br)c1C(F)F. The fraction of sp³-hybridized carbons (Fsp3) is 0.286. The fourth-order valence-electron chi connectivity index (χ4n) is 1.01. The maximum Gasteiger partial charge on any atom is 0.290 e. The third kappa shape index (κ3) is 1.87. The number of hydrogen-bond acceptors (Lipinski definition) is 3. The van der Waals surface area contributed by atoms with Crippen molar-refractivity contribution in [3.8, 4) is 0 Å². The molecule has 0 N–H and O–H groups in total. The van der Waals surface area contributed by atoms with E-state index >= 15 is 0 Å². The molecule has 0 aliphatic rings. The van der Waals surface area contributed by atoms with Crippen molar-refractivity contribution in [1.29, 1.82) is 0 Å². The van der Waals surface area contributed by atoms with E-state index in [9.17, 15) is 18.9 Å². The van der Waals surface area contributed by atoms with Gasteiger partial charge < -0.3 is 0 Å². The van der Waals surface area contributed by atoms with Gasteiger partial charge in [0.2, 0.25) is 0 Å². The van der Waals surface area contributed by atoms with Gasteiger partial charge in [-0.3, -0.25) is 10.1 Å². The lowest BCUT2D eigenvalue weighted by atomic mass is 10.1. The average Bonchev–Trinajstić information content (AvgIpc) is 2.02. The lowest BCUT2D eigenvalue weighted by Gasteiger charge is -2.06. The summed E-state index contributed by atoms with van der Waals surface area (Å²) in [5, 5.41) is 10.4. The van der Waals surface area contributed by atoms with E-state index in [1.165, 1.54) is 6.92 Å². The van der Waals surface area contributed by atoms with Gasteiger partial charge in [-0.2, -0.15) is 0 Å². The minimum atomic E-state index is -2.78. The predicted octanol–water partition coefficient (Wildman–Crippen LogP) is 3.00. The molecule has 0 amide bonds. The summed E-state index contributed by atoms with van der Waals surface area (Å²) in [5.74, 6) is 0. The summed E-state index contributed by atoms with van der Waals surface area (Å²) < 4.78 is 24.8. The molecule has 0 fully saturated rings. The van der Waals surface area contributed by atoms with Crippen LogP contribution in [0, 0.1) is 17.0 Å². The normalized spacial score (nSPS) is 10.6. The van der Waals surface area contributed by atoms with Crippen molar-refractivity contribution in [1.82, 2.24) is 4.98 Å². The minimum Gasteiger partial charge on any atom is -0.258 e. The highest BCUT2D eigenvalue weighted by Gasteiger charge is 2.23. The standard InChI is InChI=1S/C7H5BrF2N2O2/c1-3-4(12(13)14)2-11-6(8)5(3)7(9)10/h2,7H,1H3. The molecule has 0 saturated carbocycles. The number of alkyl halides is 2. The van der Waals surface area contributed by atoms with Crippen LogP contribution < -0.4 is 0 Å². The Labute approximate surface area is 86.2 Å². The molecule has 1 rings (SSSR count). The van der Waals surface area contributed by atoms with Crippen LogP contribution in [0.5, 0.6) is 0 Å². The summed E-state index contributed by atoms with van der Waals surface area (Å²) >= 11 is 2.82. The quantitative estimate of drug-likeness (QED) is 0.470. The number of halogens is 3. The smallest absolute Gasteiger partial charge is 0.258 e. The predicted molar refractivity (Wildman–Crippen MR) is 48.3 cm³/mol. The van der Waals surface area contributed by atoms with Crippen LogP contribution in [0.1, 0.15) is 17.6 Å². The number of nitro groups is 1. The Balaban J connectivity index is 3.41. The Hall–Kier alpha value is -1.11. The summed E-state index contributed by atoms with van der Waals surface area (Å²) in [4.78, 5) is 13.2. The first-order chi connectivity index (χ1) is 6.45. The Morgan fingerprint density at radius 2 is 2.21 bits per heavy atom. The molecule has 0 spiro atoms. The highest BCUT2D eigenvalue weighted by Crippen LogP contribution is 2.33. The van der Waals surface area contributed by atoms with E-state index in [1.807, 2.05) is 0 Å². The molecular formula is C7H5BrF2N2O2. The van der Waals surface area contributed by atoms with Crippen LogP contribution in [-0.2, 0) is 0 Å². The second-order valence-corrected chi connectivity index (χ2v) is 3.28. The molecule has 0 aromatic carbocycles. The van der Waals surface area contributed by atoms with Crippen LogP contribution in [0.2, 0.25) is 0 Å². The van der Waals surface area contributed by atoms with Crippen molar-refractivity contribution < 1.29 is 13.7 Å². The molecule has 0 unspecified atom stereocenters. The first-order valence-electron chi connectivity index (χ1n) is 3.52. The summed E-state index contributed by atoms with van der Waals surface area (Å²) in [6, 6.07) is 0. The molecule has 14 heavy (non-hydrogen) atoms. The third-order valence-corrected chi connectivity index (χ3v) is 2.36. The molecule has 4 nitrogen and oxygen atoms in total. The van der Waals surface area contributed by atoms with Crippen LogP contribution in [-0.4, -0.2) is 9.91 Å². The molecule has 1 aromatic rings. The van der Waals surface area contributed by atoms with Crippen molar-refractivity contribution in [3.63, 3.8) is 0 Å². The molecular weight excluding hydrogens is 262 g/mol. The van der Waals surface area contributed by atoms with Gasteiger partial charge in [0.05, 0.1) is 10.5 Å². The van der Waals surface area contributed by atoms with E-state index < -0.39 is 22.6 Å². The van der Waals surface area contributed by atoms with Crippen molar-refractivity contribution in [2.75, 3.05) is 0 Å². The average molecular weight is 267 g/mol. The van der Waals surface area contributed by atoms with Gasteiger partial charge in [0.1, 0.15) is 10.8 Å². The second kappa shape index (κ2) is 3.95. The van der Waals surface area contributed by atoms with Crippen molar-refractivity contribution >= 4 is 21.6 Å². The van der Waals surface area contributed by atoms with Gasteiger partial charge in [-0.1, -0.05) is 0 Å². The van der Waals surface area contributed by atoms with Crippen molar-refractivity contribution in [2.24, 2.45) is 0 Å². The van der Waals surface area contributed by atoms with Crippen molar-refractivity contribution in [2.45, 2.75) is 13.3 Å². The van der Waals surface area contributed by atoms with E-state index in [4.69, 9.17) is 0 Å². The first-order valence-corrected chi connectivity index (χ1v) is 4.32. The highest BCUT2D eigenvalue weighted by molar-refractivity contribution is 9.10. The minimum absolute atomic E-state index is 0.0596. The maximum atomic E-state index is 12.4. The Bertz CT molecular complexity index is 384. The fourth-order valence-corrected chi connectivity index (χ4v) is 1.59. The summed E-state index contributed by atoms with van der Waals surface area (Å²) in [7, 11) is 0. The lowest BCUT2D eigenvalue weighted by Crippen LogP contribution is -2.00. The molecule has 76 valence electrons. The van der Waals surface area contributed by atoms with Crippen LogP contribution >= 0.6 is 15.9 Å². The topological polar surface area (TPSA) is 56.0 Å². The van der Waals surface area contributed by atoms with Gasteiger partial charge in [-0.15, -0.1) is 0 Å². The Morgan fingerprint density at radius 1 is 1.64 bits per heavy atom.